The molecule has 0 spiro atoms. The van der Waals surface area contributed by atoms with E-state index in [0.717, 1.165) is 23.4 Å². The maximum Gasteiger partial charge on any atom is 0.243 e. The van der Waals surface area contributed by atoms with Crippen molar-refractivity contribution in [1.29, 1.82) is 0 Å². The van der Waals surface area contributed by atoms with Crippen molar-refractivity contribution in [2.24, 2.45) is 5.73 Å². The van der Waals surface area contributed by atoms with Crippen LogP contribution < -0.4 is 15.4 Å². The van der Waals surface area contributed by atoms with Gasteiger partial charge in [0, 0.05) is 12.1 Å². The average Bonchev–Trinajstić information content (AvgIpc) is 2.80. The number of rotatable bonds is 3. The molecule has 2 rings (SSSR count). The molecule has 1 aliphatic rings. The fourth-order valence-corrected chi connectivity index (χ4v) is 2.20. The lowest BCUT2D eigenvalue weighted by atomic mass is 10.1. The maximum atomic E-state index is 12.1. The Morgan fingerprint density at radius 3 is 3.00 bits per heavy atom. The van der Waals surface area contributed by atoms with Gasteiger partial charge in [-0.3, -0.25) is 4.79 Å². The molecule has 0 aromatic heterocycles. The van der Waals surface area contributed by atoms with Crippen molar-refractivity contribution >= 4 is 11.6 Å². The number of amides is 1. The number of carbonyl (C=O) groups excluding carboxylic acids is 1. The zero-order valence-electron chi connectivity index (χ0n) is 10.3. The Bertz CT molecular complexity index is 431. The Hall–Kier alpha value is -1.55. The number of anilines is 1. The molecular weight excluding hydrogens is 216 g/mol. The quantitative estimate of drug-likeness (QED) is 0.858. The minimum atomic E-state index is -0.410. The third-order valence-electron chi connectivity index (χ3n) is 3.23. The van der Waals surface area contributed by atoms with Crippen LogP contribution in [0, 0.1) is 0 Å². The SMILES string of the molecule is CC[C@H](N)C(=O)N1CCc2c(OC)cccc21. The van der Waals surface area contributed by atoms with E-state index in [1.165, 1.54) is 0 Å². The van der Waals surface area contributed by atoms with Gasteiger partial charge in [0.05, 0.1) is 18.8 Å². The number of carbonyl (C=O) groups is 1. The highest BCUT2D eigenvalue weighted by Gasteiger charge is 2.29. The molecule has 0 aliphatic carbocycles. The molecule has 4 heteroatoms. The molecule has 1 aliphatic heterocycles. The Morgan fingerprint density at radius 2 is 2.35 bits per heavy atom. The number of benzene rings is 1. The van der Waals surface area contributed by atoms with Gasteiger partial charge in [0.2, 0.25) is 5.91 Å². The Kier molecular flexibility index (Phi) is 3.33. The summed E-state index contributed by atoms with van der Waals surface area (Å²) in [5, 5.41) is 0. The minimum absolute atomic E-state index is 0.000460. The van der Waals surface area contributed by atoms with Gasteiger partial charge >= 0.3 is 0 Å². The lowest BCUT2D eigenvalue weighted by Gasteiger charge is -2.20. The number of methoxy groups -OCH3 is 1. The van der Waals surface area contributed by atoms with Crippen LogP contribution in [0.5, 0.6) is 5.75 Å². The normalized spacial score (nSPS) is 15.6. The van der Waals surface area contributed by atoms with Gasteiger partial charge < -0.3 is 15.4 Å². The predicted octanol–water partition coefficient (Wildman–Crippen LogP) is 1.32. The third-order valence-corrected chi connectivity index (χ3v) is 3.23. The molecule has 0 bridgehead atoms. The van der Waals surface area contributed by atoms with E-state index < -0.39 is 6.04 Å². The summed E-state index contributed by atoms with van der Waals surface area (Å²) in [6.45, 7) is 2.62. The molecule has 0 saturated heterocycles. The average molecular weight is 234 g/mol. The molecule has 1 aromatic carbocycles. The van der Waals surface area contributed by atoms with Crippen molar-refractivity contribution in [3.05, 3.63) is 23.8 Å². The Morgan fingerprint density at radius 1 is 1.59 bits per heavy atom. The van der Waals surface area contributed by atoms with Crippen LogP contribution in [0.2, 0.25) is 0 Å². The molecule has 1 atom stereocenters. The van der Waals surface area contributed by atoms with E-state index in [1.807, 2.05) is 25.1 Å². The van der Waals surface area contributed by atoms with Crippen LogP contribution in [0.3, 0.4) is 0 Å². The second kappa shape index (κ2) is 4.75. The molecule has 0 unspecified atom stereocenters. The largest absolute Gasteiger partial charge is 0.496 e. The van der Waals surface area contributed by atoms with Gasteiger partial charge in [0.1, 0.15) is 5.75 Å². The Labute approximate surface area is 101 Å². The number of nitrogens with two attached hydrogens (primary N) is 1. The number of hydrogen-bond donors (Lipinski definition) is 1. The molecule has 1 amide bonds. The first-order valence-electron chi connectivity index (χ1n) is 5.91. The number of hydrogen-bond acceptors (Lipinski definition) is 3. The molecular formula is C13H18N2O2. The third kappa shape index (κ3) is 2.00. The van der Waals surface area contributed by atoms with E-state index in [2.05, 4.69) is 0 Å². The summed E-state index contributed by atoms with van der Waals surface area (Å²) >= 11 is 0. The summed E-state index contributed by atoms with van der Waals surface area (Å²) in [7, 11) is 1.65. The Balaban J connectivity index is 2.31. The topological polar surface area (TPSA) is 55.6 Å². The number of nitrogens with zero attached hydrogens (tertiary/aromatic N) is 1. The monoisotopic (exact) mass is 234 g/mol. The van der Waals surface area contributed by atoms with E-state index in [0.29, 0.717) is 13.0 Å². The second-order valence-corrected chi connectivity index (χ2v) is 4.21. The minimum Gasteiger partial charge on any atom is -0.496 e. The highest BCUT2D eigenvalue weighted by molar-refractivity contribution is 5.99. The summed E-state index contributed by atoms with van der Waals surface area (Å²) in [5.41, 5.74) is 7.85. The molecule has 92 valence electrons. The van der Waals surface area contributed by atoms with Gasteiger partial charge in [0.15, 0.2) is 0 Å². The summed E-state index contributed by atoms with van der Waals surface area (Å²) in [5.74, 6) is 0.849. The fraction of sp³-hybridized carbons (Fsp3) is 0.462. The summed E-state index contributed by atoms with van der Waals surface area (Å²) in [6.07, 6.45) is 1.50. The van der Waals surface area contributed by atoms with E-state index in [1.54, 1.807) is 12.0 Å². The van der Waals surface area contributed by atoms with E-state index in [9.17, 15) is 4.79 Å². The lowest BCUT2D eigenvalue weighted by molar-refractivity contribution is -0.119. The van der Waals surface area contributed by atoms with Crippen molar-refractivity contribution < 1.29 is 9.53 Å². The molecule has 0 radical (unpaired) electrons. The molecule has 1 aromatic rings. The van der Waals surface area contributed by atoms with Gasteiger partial charge in [-0.15, -0.1) is 0 Å². The molecule has 0 saturated carbocycles. The van der Waals surface area contributed by atoms with Gasteiger partial charge in [-0.1, -0.05) is 13.0 Å². The highest BCUT2D eigenvalue weighted by Crippen LogP contribution is 2.35. The molecule has 17 heavy (non-hydrogen) atoms. The van der Waals surface area contributed by atoms with Crippen LogP contribution in [0.25, 0.3) is 0 Å². The summed E-state index contributed by atoms with van der Waals surface area (Å²) < 4.78 is 5.30. The molecule has 4 nitrogen and oxygen atoms in total. The number of ether oxygens (including phenoxy) is 1. The standard InChI is InChI=1S/C13H18N2O2/c1-3-10(14)13(16)15-8-7-9-11(15)5-4-6-12(9)17-2/h4-6,10H,3,7-8,14H2,1-2H3/t10-/m0/s1. The first-order valence-corrected chi connectivity index (χ1v) is 5.91. The number of fused-ring (bicyclic) bond motifs is 1. The highest BCUT2D eigenvalue weighted by atomic mass is 16.5. The van der Waals surface area contributed by atoms with Crippen LogP contribution in [-0.2, 0) is 11.2 Å². The van der Waals surface area contributed by atoms with Crippen molar-refractivity contribution in [2.45, 2.75) is 25.8 Å². The van der Waals surface area contributed by atoms with Crippen LogP contribution in [0.4, 0.5) is 5.69 Å². The molecule has 2 N–H and O–H groups in total. The zero-order chi connectivity index (χ0) is 12.4. The fourth-order valence-electron chi connectivity index (χ4n) is 2.20. The second-order valence-electron chi connectivity index (χ2n) is 4.21. The van der Waals surface area contributed by atoms with Crippen LogP contribution in [0.15, 0.2) is 18.2 Å². The summed E-state index contributed by atoms with van der Waals surface area (Å²) in [4.78, 5) is 13.9. The van der Waals surface area contributed by atoms with E-state index in [4.69, 9.17) is 10.5 Å². The van der Waals surface area contributed by atoms with E-state index in [-0.39, 0.29) is 5.91 Å². The van der Waals surface area contributed by atoms with Gasteiger partial charge in [0.25, 0.3) is 0 Å². The maximum absolute atomic E-state index is 12.1. The summed E-state index contributed by atoms with van der Waals surface area (Å²) in [6, 6.07) is 5.37. The lowest BCUT2D eigenvalue weighted by Crippen LogP contribution is -2.42. The van der Waals surface area contributed by atoms with Crippen molar-refractivity contribution in [3.63, 3.8) is 0 Å². The first kappa shape index (κ1) is 11.9. The van der Waals surface area contributed by atoms with Gasteiger partial charge in [-0.05, 0) is 25.0 Å². The smallest absolute Gasteiger partial charge is 0.243 e. The van der Waals surface area contributed by atoms with Crippen LogP contribution in [0.1, 0.15) is 18.9 Å². The van der Waals surface area contributed by atoms with Crippen molar-refractivity contribution in [1.82, 2.24) is 0 Å². The molecule has 1 heterocycles. The van der Waals surface area contributed by atoms with Crippen LogP contribution in [-0.4, -0.2) is 25.6 Å². The van der Waals surface area contributed by atoms with E-state index >= 15 is 0 Å². The van der Waals surface area contributed by atoms with Gasteiger partial charge in [-0.25, -0.2) is 0 Å². The first-order chi connectivity index (χ1) is 8.19. The van der Waals surface area contributed by atoms with Crippen LogP contribution >= 0.6 is 0 Å². The van der Waals surface area contributed by atoms with Crippen molar-refractivity contribution in [3.8, 4) is 5.75 Å². The molecule has 0 fully saturated rings. The zero-order valence-corrected chi connectivity index (χ0v) is 10.3. The predicted molar refractivity (Wildman–Crippen MR) is 67.3 cm³/mol. The van der Waals surface area contributed by atoms with Gasteiger partial charge in [-0.2, -0.15) is 0 Å². The van der Waals surface area contributed by atoms with Crippen molar-refractivity contribution in [2.75, 3.05) is 18.6 Å².